The molecule has 2 N–H and O–H groups in total. The molecule has 1 fully saturated rings. The number of nitrogens with one attached hydrogen (secondary N) is 2. The first-order chi connectivity index (χ1) is 10.2. The third-order valence-electron chi connectivity index (χ3n) is 4.29. The lowest BCUT2D eigenvalue weighted by atomic mass is 10.1. The Bertz CT molecular complexity index is 514. The number of halogens is 1. The second-order valence-corrected chi connectivity index (χ2v) is 6.78. The van der Waals surface area contributed by atoms with Crippen molar-refractivity contribution in [2.45, 2.75) is 31.7 Å². The highest BCUT2D eigenvalue weighted by atomic mass is 79.9. The lowest BCUT2D eigenvalue weighted by molar-refractivity contribution is -0.117. The van der Waals surface area contributed by atoms with Crippen LogP contribution in [-0.2, 0) is 4.79 Å². The Morgan fingerprint density at radius 1 is 1.29 bits per heavy atom. The number of anilines is 1. The fourth-order valence-electron chi connectivity index (χ4n) is 3.17. The normalized spacial score (nSPS) is 22.1. The molecule has 1 atom stereocenters. The quantitative estimate of drug-likeness (QED) is 0.801. The highest BCUT2D eigenvalue weighted by molar-refractivity contribution is 9.10. The molecule has 1 aromatic carbocycles. The SMILES string of the molecule is O=C1Nc2ccc(Br)cc2C1NCCCN1CCCCC1. The lowest BCUT2D eigenvalue weighted by Gasteiger charge is -2.26. The van der Waals surface area contributed by atoms with Gasteiger partial charge in [-0.2, -0.15) is 0 Å². The van der Waals surface area contributed by atoms with E-state index in [1.807, 2.05) is 18.2 Å². The summed E-state index contributed by atoms with van der Waals surface area (Å²) >= 11 is 3.47. The highest BCUT2D eigenvalue weighted by Crippen LogP contribution is 2.32. The van der Waals surface area contributed by atoms with Crippen molar-refractivity contribution < 1.29 is 4.79 Å². The summed E-state index contributed by atoms with van der Waals surface area (Å²) in [5.74, 6) is 0.0565. The summed E-state index contributed by atoms with van der Waals surface area (Å²) in [5, 5.41) is 6.33. The minimum atomic E-state index is -0.209. The van der Waals surface area contributed by atoms with Crippen molar-refractivity contribution in [2.75, 3.05) is 31.5 Å². The third-order valence-corrected chi connectivity index (χ3v) is 4.79. The van der Waals surface area contributed by atoms with Gasteiger partial charge in [0.05, 0.1) is 0 Å². The van der Waals surface area contributed by atoms with Crippen LogP contribution in [0.15, 0.2) is 22.7 Å². The van der Waals surface area contributed by atoms with Crippen molar-refractivity contribution in [3.05, 3.63) is 28.2 Å². The van der Waals surface area contributed by atoms with Crippen molar-refractivity contribution in [3.63, 3.8) is 0 Å². The van der Waals surface area contributed by atoms with Gasteiger partial charge in [-0.05, 0) is 63.6 Å². The summed E-state index contributed by atoms with van der Waals surface area (Å²) in [6.45, 7) is 4.48. The van der Waals surface area contributed by atoms with Crippen LogP contribution in [0, 0.1) is 0 Å². The van der Waals surface area contributed by atoms with E-state index in [9.17, 15) is 4.79 Å². The van der Waals surface area contributed by atoms with E-state index in [0.717, 1.165) is 35.2 Å². The van der Waals surface area contributed by atoms with Gasteiger partial charge in [0.2, 0.25) is 5.91 Å². The van der Waals surface area contributed by atoms with Gasteiger partial charge < -0.3 is 15.5 Å². The van der Waals surface area contributed by atoms with E-state index in [1.165, 1.54) is 32.4 Å². The Hall–Kier alpha value is -0.910. The zero-order chi connectivity index (χ0) is 14.7. The molecule has 1 saturated heterocycles. The second kappa shape index (κ2) is 6.90. The Morgan fingerprint density at radius 3 is 2.90 bits per heavy atom. The summed E-state index contributed by atoms with van der Waals surface area (Å²) in [6, 6.07) is 5.72. The van der Waals surface area contributed by atoms with Gasteiger partial charge in [0.1, 0.15) is 6.04 Å². The number of likely N-dealkylation sites (tertiary alicyclic amines) is 1. The van der Waals surface area contributed by atoms with E-state index >= 15 is 0 Å². The zero-order valence-electron chi connectivity index (χ0n) is 12.2. The smallest absolute Gasteiger partial charge is 0.246 e. The number of rotatable bonds is 5. The maximum atomic E-state index is 12.0. The van der Waals surface area contributed by atoms with E-state index in [0.29, 0.717) is 0 Å². The predicted octanol–water partition coefficient (Wildman–Crippen LogP) is 2.91. The van der Waals surface area contributed by atoms with Crippen molar-refractivity contribution in [1.29, 1.82) is 0 Å². The predicted molar refractivity (Wildman–Crippen MR) is 88.4 cm³/mol. The first-order valence-corrected chi connectivity index (χ1v) is 8.59. The Labute approximate surface area is 134 Å². The van der Waals surface area contributed by atoms with Gasteiger partial charge in [-0.25, -0.2) is 0 Å². The third kappa shape index (κ3) is 3.65. The Kier molecular flexibility index (Phi) is 4.93. The molecule has 21 heavy (non-hydrogen) atoms. The number of piperidine rings is 1. The van der Waals surface area contributed by atoms with Gasteiger partial charge in [0, 0.05) is 15.7 Å². The number of amides is 1. The molecular formula is C16H22BrN3O. The Balaban J connectivity index is 1.49. The van der Waals surface area contributed by atoms with Crippen LogP contribution in [0.3, 0.4) is 0 Å². The fraction of sp³-hybridized carbons (Fsp3) is 0.562. The van der Waals surface area contributed by atoms with Crippen LogP contribution in [0.5, 0.6) is 0 Å². The molecule has 0 radical (unpaired) electrons. The zero-order valence-corrected chi connectivity index (χ0v) is 13.8. The Morgan fingerprint density at radius 2 is 2.10 bits per heavy atom. The summed E-state index contributed by atoms with van der Waals surface area (Å²) in [4.78, 5) is 14.6. The van der Waals surface area contributed by atoms with Crippen LogP contribution in [0.2, 0.25) is 0 Å². The number of fused-ring (bicyclic) bond motifs is 1. The molecule has 2 aliphatic heterocycles. The van der Waals surface area contributed by atoms with Crippen molar-refractivity contribution in [2.24, 2.45) is 0 Å². The van der Waals surface area contributed by atoms with Crippen LogP contribution >= 0.6 is 15.9 Å². The van der Waals surface area contributed by atoms with E-state index in [2.05, 4.69) is 31.5 Å². The van der Waals surface area contributed by atoms with Gasteiger partial charge in [-0.15, -0.1) is 0 Å². The van der Waals surface area contributed by atoms with Gasteiger partial charge in [-0.3, -0.25) is 4.79 Å². The number of nitrogens with zero attached hydrogens (tertiary/aromatic N) is 1. The number of benzene rings is 1. The van der Waals surface area contributed by atoms with Crippen molar-refractivity contribution >= 4 is 27.5 Å². The lowest BCUT2D eigenvalue weighted by Crippen LogP contribution is -2.34. The standard InChI is InChI=1S/C16H22BrN3O/c17-12-5-6-14-13(11-12)15(16(21)19-14)18-7-4-10-20-8-2-1-3-9-20/h5-6,11,15,18H,1-4,7-10H2,(H,19,21). The average molecular weight is 352 g/mol. The van der Waals surface area contributed by atoms with Crippen molar-refractivity contribution in [3.8, 4) is 0 Å². The molecule has 0 saturated carbocycles. The number of hydrogen-bond donors (Lipinski definition) is 2. The average Bonchev–Trinajstić information content (AvgIpc) is 2.80. The van der Waals surface area contributed by atoms with Gasteiger partial charge >= 0.3 is 0 Å². The van der Waals surface area contributed by atoms with E-state index in [-0.39, 0.29) is 11.9 Å². The van der Waals surface area contributed by atoms with Crippen molar-refractivity contribution in [1.82, 2.24) is 10.2 Å². The van der Waals surface area contributed by atoms with Gasteiger partial charge in [0.15, 0.2) is 0 Å². The molecule has 114 valence electrons. The first-order valence-electron chi connectivity index (χ1n) is 7.80. The molecule has 0 aromatic heterocycles. The maximum absolute atomic E-state index is 12.0. The fourth-order valence-corrected chi connectivity index (χ4v) is 3.55. The van der Waals surface area contributed by atoms with E-state index in [1.54, 1.807) is 0 Å². The minimum absolute atomic E-state index is 0.0565. The number of carbonyl (C=O) groups is 1. The summed E-state index contributed by atoms with van der Waals surface area (Å²) in [5.41, 5.74) is 1.98. The van der Waals surface area contributed by atoms with Gasteiger partial charge in [-0.1, -0.05) is 22.4 Å². The first kappa shape index (κ1) is 15.0. The molecule has 4 nitrogen and oxygen atoms in total. The molecule has 0 aliphatic carbocycles. The number of carbonyl (C=O) groups excluding carboxylic acids is 1. The molecule has 3 rings (SSSR count). The molecular weight excluding hydrogens is 330 g/mol. The monoisotopic (exact) mass is 351 g/mol. The molecule has 0 spiro atoms. The molecule has 1 amide bonds. The molecule has 2 heterocycles. The largest absolute Gasteiger partial charge is 0.324 e. The molecule has 1 aromatic rings. The van der Waals surface area contributed by atoms with Crippen LogP contribution in [0.1, 0.15) is 37.3 Å². The number of hydrogen-bond acceptors (Lipinski definition) is 3. The summed E-state index contributed by atoms with van der Waals surface area (Å²) in [7, 11) is 0. The van der Waals surface area contributed by atoms with E-state index in [4.69, 9.17) is 0 Å². The van der Waals surface area contributed by atoms with Gasteiger partial charge in [0.25, 0.3) is 0 Å². The van der Waals surface area contributed by atoms with E-state index < -0.39 is 0 Å². The van der Waals surface area contributed by atoms with Crippen LogP contribution < -0.4 is 10.6 Å². The molecule has 0 bridgehead atoms. The summed E-state index contributed by atoms with van der Waals surface area (Å²) < 4.78 is 1.01. The molecule has 1 unspecified atom stereocenters. The maximum Gasteiger partial charge on any atom is 0.246 e. The highest BCUT2D eigenvalue weighted by Gasteiger charge is 2.29. The van der Waals surface area contributed by atoms with Crippen LogP contribution in [0.25, 0.3) is 0 Å². The molecule has 5 heteroatoms. The molecule has 2 aliphatic rings. The second-order valence-electron chi connectivity index (χ2n) is 5.86. The summed E-state index contributed by atoms with van der Waals surface area (Å²) in [6.07, 6.45) is 5.13. The van der Waals surface area contributed by atoms with Crippen LogP contribution in [-0.4, -0.2) is 37.0 Å². The van der Waals surface area contributed by atoms with Crippen LogP contribution in [0.4, 0.5) is 5.69 Å². The topological polar surface area (TPSA) is 44.4 Å². The minimum Gasteiger partial charge on any atom is -0.324 e.